The van der Waals surface area contributed by atoms with Crippen LogP contribution in [-0.4, -0.2) is 15.2 Å². The van der Waals surface area contributed by atoms with E-state index in [2.05, 4.69) is 56.5 Å². The molecule has 0 aliphatic rings. The number of hydrogen-bond donors (Lipinski definition) is 0. The fraction of sp³-hybridized carbons (Fsp3) is 0.250. The van der Waals surface area contributed by atoms with Crippen LogP contribution in [0.2, 0.25) is 26.2 Å². The molecule has 0 atom stereocenters. The monoisotopic (exact) mass is 288 g/mol. The summed E-state index contributed by atoms with van der Waals surface area (Å²) in [5.74, 6) is -0.146. The van der Waals surface area contributed by atoms with E-state index >= 15 is 0 Å². The molecule has 0 nitrogen and oxygen atoms in total. The molecule has 3 heteroatoms. The number of halogens is 1. The third-order valence-electron chi connectivity index (χ3n) is 4.62. The van der Waals surface area contributed by atoms with Gasteiger partial charge in [0.25, 0.3) is 0 Å². The summed E-state index contributed by atoms with van der Waals surface area (Å²) in [7, 11) is -3.15. The summed E-state index contributed by atoms with van der Waals surface area (Å²) >= 11 is 0. The minimum absolute atomic E-state index is 0.146. The summed E-state index contributed by atoms with van der Waals surface area (Å²) in [6, 6.07) is 18.0. The Bertz CT molecular complexity index is 545. The van der Waals surface area contributed by atoms with Crippen molar-refractivity contribution in [1.82, 2.24) is 0 Å². The van der Waals surface area contributed by atoms with Gasteiger partial charge in [-0.15, -0.1) is 0 Å². The second-order valence-electron chi connectivity index (χ2n) is 6.12. The van der Waals surface area contributed by atoms with Crippen LogP contribution in [0.1, 0.15) is 0 Å². The Morgan fingerprint density at radius 3 is 1.53 bits per heavy atom. The Kier molecular flexibility index (Phi) is 3.79. The molecule has 0 aliphatic heterocycles. The van der Waals surface area contributed by atoms with Crippen LogP contribution in [0.15, 0.2) is 54.6 Å². The van der Waals surface area contributed by atoms with Crippen LogP contribution in [0.5, 0.6) is 0 Å². The molecule has 100 valence electrons. The van der Waals surface area contributed by atoms with Crippen molar-refractivity contribution in [1.29, 1.82) is 0 Å². The Morgan fingerprint density at radius 1 is 0.632 bits per heavy atom. The first-order valence-corrected chi connectivity index (χ1v) is 13.7. The van der Waals surface area contributed by atoms with Gasteiger partial charge in [-0.25, -0.2) is 4.39 Å². The van der Waals surface area contributed by atoms with Gasteiger partial charge < -0.3 is 0 Å². The lowest BCUT2D eigenvalue weighted by atomic mass is 10.3. The maximum absolute atomic E-state index is 13.1. The van der Waals surface area contributed by atoms with E-state index in [4.69, 9.17) is 0 Å². The van der Waals surface area contributed by atoms with Crippen LogP contribution >= 0.6 is 0 Å². The maximum atomic E-state index is 13.1. The van der Waals surface area contributed by atoms with Crippen molar-refractivity contribution in [2.24, 2.45) is 0 Å². The maximum Gasteiger partial charge on any atom is 0.123 e. The number of rotatable bonds is 3. The highest BCUT2D eigenvalue weighted by molar-refractivity contribution is 7.49. The zero-order valence-electron chi connectivity index (χ0n) is 12.1. The SMILES string of the molecule is C[Si](C)(c1ccccc1)[Si](C)(C)c1ccc(F)cc1. The van der Waals surface area contributed by atoms with Crippen molar-refractivity contribution in [3.63, 3.8) is 0 Å². The highest BCUT2D eigenvalue weighted by Gasteiger charge is 2.43. The summed E-state index contributed by atoms with van der Waals surface area (Å²) < 4.78 is 13.1. The molecule has 2 aromatic rings. The molecular formula is C16H21FSi2. The lowest BCUT2D eigenvalue weighted by Gasteiger charge is -2.39. The summed E-state index contributed by atoms with van der Waals surface area (Å²) in [5, 5.41) is 2.85. The number of hydrogen-bond acceptors (Lipinski definition) is 0. The van der Waals surface area contributed by atoms with Crippen molar-refractivity contribution in [2.45, 2.75) is 26.2 Å². The van der Waals surface area contributed by atoms with Crippen LogP contribution in [0.4, 0.5) is 4.39 Å². The van der Waals surface area contributed by atoms with Gasteiger partial charge >= 0.3 is 0 Å². The Hall–Kier alpha value is -1.20. The molecule has 0 aliphatic carbocycles. The lowest BCUT2D eigenvalue weighted by molar-refractivity contribution is 0.628. The van der Waals surface area contributed by atoms with E-state index in [9.17, 15) is 4.39 Å². The van der Waals surface area contributed by atoms with Gasteiger partial charge in [0.1, 0.15) is 5.82 Å². The Balaban J connectivity index is 2.46. The zero-order valence-corrected chi connectivity index (χ0v) is 14.1. The van der Waals surface area contributed by atoms with Crippen LogP contribution in [-0.2, 0) is 0 Å². The fourth-order valence-electron chi connectivity index (χ4n) is 2.44. The van der Waals surface area contributed by atoms with Crippen molar-refractivity contribution in [3.8, 4) is 0 Å². The van der Waals surface area contributed by atoms with Crippen LogP contribution < -0.4 is 10.4 Å². The highest BCUT2D eigenvalue weighted by atomic mass is 29.3. The van der Waals surface area contributed by atoms with Gasteiger partial charge in [-0.3, -0.25) is 0 Å². The largest absolute Gasteiger partial charge is 0.207 e. The smallest absolute Gasteiger partial charge is 0.123 e. The minimum Gasteiger partial charge on any atom is -0.207 e. The van der Waals surface area contributed by atoms with E-state index in [0.29, 0.717) is 0 Å². The van der Waals surface area contributed by atoms with E-state index in [1.165, 1.54) is 10.4 Å². The van der Waals surface area contributed by atoms with Gasteiger partial charge in [0, 0.05) is 0 Å². The van der Waals surface area contributed by atoms with E-state index in [0.717, 1.165) is 0 Å². The predicted octanol–water partition coefficient (Wildman–Crippen LogP) is 3.44. The van der Waals surface area contributed by atoms with Crippen molar-refractivity contribution in [2.75, 3.05) is 0 Å². The average molecular weight is 289 g/mol. The lowest BCUT2D eigenvalue weighted by Crippen LogP contribution is -2.69. The molecule has 0 saturated carbocycles. The zero-order chi connectivity index (χ0) is 14.1. The second kappa shape index (κ2) is 5.06. The molecule has 0 radical (unpaired) electrons. The van der Waals surface area contributed by atoms with Crippen LogP contribution in [0.25, 0.3) is 0 Å². The first-order valence-electron chi connectivity index (χ1n) is 6.67. The molecule has 0 fully saturated rings. The highest BCUT2D eigenvalue weighted by Crippen LogP contribution is 2.19. The van der Waals surface area contributed by atoms with Crippen molar-refractivity contribution < 1.29 is 4.39 Å². The Labute approximate surface area is 117 Å². The first-order chi connectivity index (χ1) is 8.85. The van der Waals surface area contributed by atoms with Gasteiger partial charge in [-0.2, -0.15) is 0 Å². The molecule has 0 saturated heterocycles. The van der Waals surface area contributed by atoms with Crippen LogP contribution in [0, 0.1) is 5.82 Å². The molecule has 0 N–H and O–H groups in total. The van der Waals surface area contributed by atoms with Gasteiger partial charge in [0.05, 0.1) is 15.2 Å². The first kappa shape index (κ1) is 14.2. The molecule has 0 heterocycles. The topological polar surface area (TPSA) is 0 Å². The molecule has 0 aromatic heterocycles. The molecule has 0 bridgehead atoms. The van der Waals surface area contributed by atoms with Crippen molar-refractivity contribution in [3.05, 3.63) is 60.4 Å². The van der Waals surface area contributed by atoms with E-state index in [1.807, 2.05) is 12.1 Å². The number of benzene rings is 2. The van der Waals surface area contributed by atoms with Gasteiger partial charge in [0.15, 0.2) is 0 Å². The van der Waals surface area contributed by atoms with Crippen LogP contribution in [0.3, 0.4) is 0 Å². The summed E-state index contributed by atoms with van der Waals surface area (Å²) in [4.78, 5) is 0. The second-order valence-corrected chi connectivity index (χ2v) is 21.3. The third-order valence-corrected chi connectivity index (χ3v) is 22.4. The summed E-state index contributed by atoms with van der Waals surface area (Å²) in [5.41, 5.74) is 0. The quantitative estimate of drug-likeness (QED) is 0.759. The summed E-state index contributed by atoms with van der Waals surface area (Å²) in [6.45, 7) is 9.72. The van der Waals surface area contributed by atoms with Gasteiger partial charge in [0.2, 0.25) is 0 Å². The van der Waals surface area contributed by atoms with E-state index < -0.39 is 15.2 Å². The molecular weight excluding hydrogens is 267 g/mol. The predicted molar refractivity (Wildman–Crippen MR) is 87.1 cm³/mol. The molecule has 0 spiro atoms. The molecule has 0 amide bonds. The standard InChI is InChI=1S/C16H21FSi2/c1-18(2,15-8-6-5-7-9-15)19(3,4)16-12-10-14(17)11-13-16/h5-13H,1-4H3. The third kappa shape index (κ3) is 2.58. The normalized spacial score (nSPS) is 12.5. The average Bonchev–Trinajstić information content (AvgIpc) is 2.40. The Morgan fingerprint density at radius 2 is 1.05 bits per heavy atom. The van der Waals surface area contributed by atoms with Gasteiger partial charge in [-0.05, 0) is 12.1 Å². The van der Waals surface area contributed by atoms with E-state index in [-0.39, 0.29) is 5.82 Å². The molecule has 2 rings (SSSR count). The van der Waals surface area contributed by atoms with Crippen molar-refractivity contribution >= 4 is 25.6 Å². The summed E-state index contributed by atoms with van der Waals surface area (Å²) in [6.07, 6.45) is 0. The van der Waals surface area contributed by atoms with Gasteiger partial charge in [-0.1, -0.05) is 79.0 Å². The van der Waals surface area contributed by atoms with E-state index in [1.54, 1.807) is 12.1 Å². The minimum atomic E-state index is -1.60. The fourth-order valence-corrected chi connectivity index (χ4v) is 11.2. The molecule has 19 heavy (non-hydrogen) atoms. The molecule has 0 unspecified atom stereocenters. The molecule has 2 aromatic carbocycles.